The molecule has 0 saturated carbocycles. The van der Waals surface area contributed by atoms with E-state index in [1.807, 2.05) is 18.2 Å². The molecule has 0 spiro atoms. The topological polar surface area (TPSA) is 141 Å². The number of aryl methyl sites for hydroxylation is 1. The van der Waals surface area contributed by atoms with E-state index < -0.39 is 11.9 Å². The Kier molecular flexibility index (Phi) is 7.04. The van der Waals surface area contributed by atoms with Gasteiger partial charge in [0.1, 0.15) is 0 Å². The standard InChI is InChI=1S/C15H22N4O3/c16-12(7-8-14(18)21)15(22)19-11-5-1-3-10(9-11)4-2-6-13(17)20/h1,3,5,9,12H,2,4,6-8,16H2,(H2,17,20)(H2,18,21)(H,19,22)/t12-/m0/s1. The van der Waals surface area contributed by atoms with Crippen LogP contribution in [0.1, 0.15) is 31.2 Å². The van der Waals surface area contributed by atoms with Crippen LogP contribution in [0.15, 0.2) is 24.3 Å². The lowest BCUT2D eigenvalue weighted by Crippen LogP contribution is -2.36. The number of carbonyl (C=O) groups is 3. The first-order valence-electron chi connectivity index (χ1n) is 7.10. The lowest BCUT2D eigenvalue weighted by Gasteiger charge is -2.12. The van der Waals surface area contributed by atoms with E-state index in [4.69, 9.17) is 17.2 Å². The van der Waals surface area contributed by atoms with Gasteiger partial charge in [0.2, 0.25) is 17.7 Å². The molecule has 22 heavy (non-hydrogen) atoms. The van der Waals surface area contributed by atoms with Crippen LogP contribution >= 0.6 is 0 Å². The monoisotopic (exact) mass is 306 g/mol. The predicted octanol–water partition coefficient (Wildman–Crippen LogP) is 0.0259. The maximum atomic E-state index is 11.9. The van der Waals surface area contributed by atoms with Crippen LogP contribution in [-0.4, -0.2) is 23.8 Å². The third kappa shape index (κ3) is 6.85. The summed E-state index contributed by atoms with van der Waals surface area (Å²) in [4.78, 5) is 33.3. The van der Waals surface area contributed by atoms with Crippen LogP contribution in [0.3, 0.4) is 0 Å². The smallest absolute Gasteiger partial charge is 0.241 e. The molecule has 1 aromatic rings. The molecule has 1 atom stereocenters. The quantitative estimate of drug-likeness (QED) is 0.510. The normalized spacial score (nSPS) is 11.7. The zero-order valence-corrected chi connectivity index (χ0v) is 12.4. The third-order valence-electron chi connectivity index (χ3n) is 3.12. The number of rotatable bonds is 9. The van der Waals surface area contributed by atoms with Crippen molar-refractivity contribution in [2.45, 2.75) is 38.1 Å². The number of primary amides is 2. The summed E-state index contributed by atoms with van der Waals surface area (Å²) in [5, 5.41) is 2.70. The lowest BCUT2D eigenvalue weighted by molar-refractivity contribution is -0.120. The molecule has 0 aromatic heterocycles. The first kappa shape index (κ1) is 17.6. The summed E-state index contributed by atoms with van der Waals surface area (Å²) in [6.07, 6.45) is 1.96. The molecule has 0 fully saturated rings. The Hall–Kier alpha value is -2.41. The number of carbonyl (C=O) groups excluding carboxylic acids is 3. The molecule has 3 amide bonds. The molecule has 1 aromatic carbocycles. The van der Waals surface area contributed by atoms with Gasteiger partial charge in [-0.25, -0.2) is 0 Å². The number of amides is 3. The van der Waals surface area contributed by atoms with Crippen molar-refractivity contribution in [1.29, 1.82) is 0 Å². The zero-order valence-electron chi connectivity index (χ0n) is 12.4. The summed E-state index contributed by atoms with van der Waals surface area (Å²) < 4.78 is 0. The fourth-order valence-electron chi connectivity index (χ4n) is 1.94. The summed E-state index contributed by atoms with van der Waals surface area (Å²) in [5.74, 6) is -1.18. The average Bonchev–Trinajstić information content (AvgIpc) is 2.44. The molecular formula is C15H22N4O3. The van der Waals surface area contributed by atoms with Gasteiger partial charge in [-0.15, -0.1) is 0 Å². The van der Waals surface area contributed by atoms with Crippen LogP contribution in [0.4, 0.5) is 5.69 Å². The van der Waals surface area contributed by atoms with Crippen molar-refractivity contribution in [3.8, 4) is 0 Å². The van der Waals surface area contributed by atoms with E-state index in [-0.39, 0.29) is 24.7 Å². The van der Waals surface area contributed by atoms with Gasteiger partial charge in [-0.1, -0.05) is 12.1 Å². The largest absolute Gasteiger partial charge is 0.370 e. The maximum absolute atomic E-state index is 11.9. The maximum Gasteiger partial charge on any atom is 0.241 e. The van der Waals surface area contributed by atoms with Gasteiger partial charge in [0.15, 0.2) is 0 Å². The van der Waals surface area contributed by atoms with E-state index in [1.54, 1.807) is 6.07 Å². The van der Waals surface area contributed by atoms with Crippen molar-refractivity contribution in [3.05, 3.63) is 29.8 Å². The van der Waals surface area contributed by atoms with Crippen molar-refractivity contribution >= 4 is 23.4 Å². The number of hydrogen-bond donors (Lipinski definition) is 4. The van der Waals surface area contributed by atoms with Crippen LogP contribution in [0, 0.1) is 0 Å². The first-order valence-corrected chi connectivity index (χ1v) is 7.10. The summed E-state index contributed by atoms with van der Waals surface area (Å²) in [6.45, 7) is 0. The van der Waals surface area contributed by atoms with E-state index in [2.05, 4.69) is 5.32 Å². The molecule has 1 rings (SSSR count). The number of benzene rings is 1. The Bertz CT molecular complexity index is 545. The van der Waals surface area contributed by atoms with Crippen LogP contribution in [0.25, 0.3) is 0 Å². The summed E-state index contributed by atoms with van der Waals surface area (Å²) in [7, 11) is 0. The van der Waals surface area contributed by atoms with Gasteiger partial charge in [0.25, 0.3) is 0 Å². The van der Waals surface area contributed by atoms with E-state index in [1.165, 1.54) is 0 Å². The minimum absolute atomic E-state index is 0.0712. The molecule has 0 aliphatic rings. The molecule has 7 nitrogen and oxygen atoms in total. The molecule has 0 aliphatic carbocycles. The highest BCUT2D eigenvalue weighted by Crippen LogP contribution is 2.13. The Morgan fingerprint density at radius 3 is 2.41 bits per heavy atom. The first-order chi connectivity index (χ1) is 10.4. The molecule has 0 unspecified atom stereocenters. The van der Waals surface area contributed by atoms with E-state index in [9.17, 15) is 14.4 Å². The van der Waals surface area contributed by atoms with Crippen molar-refractivity contribution in [2.24, 2.45) is 17.2 Å². The van der Waals surface area contributed by atoms with E-state index >= 15 is 0 Å². The van der Waals surface area contributed by atoms with Gasteiger partial charge in [-0.3, -0.25) is 14.4 Å². The Balaban J connectivity index is 2.52. The molecule has 120 valence electrons. The van der Waals surface area contributed by atoms with Gasteiger partial charge in [0.05, 0.1) is 6.04 Å². The third-order valence-corrected chi connectivity index (χ3v) is 3.12. The number of hydrogen-bond acceptors (Lipinski definition) is 4. The van der Waals surface area contributed by atoms with E-state index in [0.717, 1.165) is 5.56 Å². The molecule has 7 N–H and O–H groups in total. The molecule has 0 radical (unpaired) electrons. The molecule has 0 bridgehead atoms. The van der Waals surface area contributed by atoms with Crippen LogP contribution in [0.5, 0.6) is 0 Å². The predicted molar refractivity (Wildman–Crippen MR) is 83.6 cm³/mol. The summed E-state index contributed by atoms with van der Waals surface area (Å²) in [5.41, 5.74) is 17.4. The van der Waals surface area contributed by atoms with Crippen LogP contribution < -0.4 is 22.5 Å². The fraction of sp³-hybridized carbons (Fsp3) is 0.400. The summed E-state index contributed by atoms with van der Waals surface area (Å²) >= 11 is 0. The Labute approximate surface area is 129 Å². The highest BCUT2D eigenvalue weighted by molar-refractivity contribution is 5.95. The average molecular weight is 306 g/mol. The number of anilines is 1. The minimum Gasteiger partial charge on any atom is -0.370 e. The van der Waals surface area contributed by atoms with Crippen LogP contribution in [-0.2, 0) is 20.8 Å². The number of nitrogens with one attached hydrogen (secondary N) is 1. The molecule has 0 heterocycles. The van der Waals surface area contributed by atoms with E-state index in [0.29, 0.717) is 24.9 Å². The minimum atomic E-state index is -0.786. The van der Waals surface area contributed by atoms with Crippen LogP contribution in [0.2, 0.25) is 0 Å². The van der Waals surface area contributed by atoms with Gasteiger partial charge in [-0.05, 0) is 37.0 Å². The molecule has 0 saturated heterocycles. The second-order valence-electron chi connectivity index (χ2n) is 5.12. The summed E-state index contributed by atoms with van der Waals surface area (Å²) in [6, 6.07) is 6.50. The highest BCUT2D eigenvalue weighted by atomic mass is 16.2. The fourth-order valence-corrected chi connectivity index (χ4v) is 1.94. The van der Waals surface area contributed by atoms with Gasteiger partial charge in [-0.2, -0.15) is 0 Å². The van der Waals surface area contributed by atoms with Crippen molar-refractivity contribution in [2.75, 3.05) is 5.32 Å². The van der Waals surface area contributed by atoms with Crippen molar-refractivity contribution in [1.82, 2.24) is 0 Å². The SMILES string of the molecule is NC(=O)CCCc1cccc(NC(=O)[C@@H](N)CCC(N)=O)c1. The Morgan fingerprint density at radius 2 is 1.77 bits per heavy atom. The van der Waals surface area contributed by atoms with Gasteiger partial charge < -0.3 is 22.5 Å². The van der Waals surface area contributed by atoms with Crippen molar-refractivity contribution in [3.63, 3.8) is 0 Å². The van der Waals surface area contributed by atoms with Gasteiger partial charge in [0, 0.05) is 18.5 Å². The molecule has 0 aliphatic heterocycles. The highest BCUT2D eigenvalue weighted by Gasteiger charge is 2.14. The number of nitrogens with two attached hydrogens (primary N) is 3. The lowest BCUT2D eigenvalue weighted by atomic mass is 10.1. The Morgan fingerprint density at radius 1 is 1.09 bits per heavy atom. The van der Waals surface area contributed by atoms with Gasteiger partial charge >= 0.3 is 0 Å². The second kappa shape index (κ2) is 8.78. The molecular weight excluding hydrogens is 284 g/mol. The van der Waals surface area contributed by atoms with Crippen molar-refractivity contribution < 1.29 is 14.4 Å². The zero-order chi connectivity index (χ0) is 16.5. The second-order valence-corrected chi connectivity index (χ2v) is 5.12. The molecule has 7 heteroatoms.